The van der Waals surface area contributed by atoms with Crippen LogP contribution in [0.5, 0.6) is 23.3 Å². The highest BCUT2D eigenvalue weighted by molar-refractivity contribution is 5.45. The molecule has 6 heteroatoms. The molecule has 0 saturated heterocycles. The Morgan fingerprint density at radius 2 is 1.14 bits per heavy atom. The van der Waals surface area contributed by atoms with Crippen molar-refractivity contribution in [3.05, 3.63) is 60.9 Å². The third-order valence-corrected chi connectivity index (χ3v) is 2.77. The van der Waals surface area contributed by atoms with Crippen LogP contribution in [0.2, 0.25) is 0 Å². The molecule has 0 aliphatic carbocycles. The van der Waals surface area contributed by atoms with Crippen molar-refractivity contribution in [1.82, 2.24) is 9.97 Å². The topological polar surface area (TPSA) is 96.3 Å². The molecule has 0 spiro atoms. The van der Waals surface area contributed by atoms with Crippen molar-refractivity contribution in [3.8, 4) is 23.3 Å². The van der Waals surface area contributed by atoms with E-state index in [2.05, 4.69) is 9.97 Å². The Labute approximate surface area is 127 Å². The molecule has 6 nitrogen and oxygen atoms in total. The summed E-state index contributed by atoms with van der Waals surface area (Å²) in [6.07, 6.45) is 2.95. The summed E-state index contributed by atoms with van der Waals surface area (Å²) in [6, 6.07) is 14.1. The molecule has 0 bridgehead atoms. The van der Waals surface area contributed by atoms with Gasteiger partial charge in [-0.15, -0.1) is 0 Å². The second-order valence-corrected chi connectivity index (χ2v) is 4.54. The van der Waals surface area contributed by atoms with Crippen molar-refractivity contribution in [3.63, 3.8) is 0 Å². The smallest absolute Gasteiger partial charge is 0.238 e. The predicted octanol–water partition coefficient (Wildman–Crippen LogP) is 3.23. The quantitative estimate of drug-likeness (QED) is 0.717. The van der Waals surface area contributed by atoms with Crippen molar-refractivity contribution in [2.75, 3.05) is 11.5 Å². The van der Waals surface area contributed by atoms with Crippen LogP contribution < -0.4 is 20.9 Å². The van der Waals surface area contributed by atoms with Crippen LogP contribution in [0.25, 0.3) is 0 Å². The van der Waals surface area contributed by atoms with E-state index in [0.29, 0.717) is 34.6 Å². The van der Waals surface area contributed by atoms with Gasteiger partial charge in [0.25, 0.3) is 0 Å². The molecule has 110 valence electrons. The number of anilines is 2. The van der Waals surface area contributed by atoms with Gasteiger partial charge in [-0.3, -0.25) is 0 Å². The Balaban J connectivity index is 1.70. The van der Waals surface area contributed by atoms with E-state index in [1.165, 1.54) is 12.4 Å². The average Bonchev–Trinajstić information content (AvgIpc) is 2.49. The minimum Gasteiger partial charge on any atom is -0.437 e. The number of aromatic nitrogens is 2. The molecule has 1 heterocycles. The van der Waals surface area contributed by atoms with Gasteiger partial charge in [0.05, 0.1) is 12.4 Å². The Morgan fingerprint density at radius 3 is 1.50 bits per heavy atom. The van der Waals surface area contributed by atoms with Gasteiger partial charge < -0.3 is 20.9 Å². The van der Waals surface area contributed by atoms with Gasteiger partial charge in [0.15, 0.2) is 0 Å². The molecule has 3 aromatic rings. The van der Waals surface area contributed by atoms with Crippen LogP contribution in [-0.2, 0) is 0 Å². The van der Waals surface area contributed by atoms with E-state index in [1.54, 1.807) is 48.5 Å². The first-order valence-corrected chi connectivity index (χ1v) is 6.58. The third-order valence-electron chi connectivity index (χ3n) is 2.77. The SMILES string of the molecule is Nc1cccc(Oc2cnc(Oc3cccc(N)c3)cn2)c1. The molecular weight excluding hydrogens is 280 g/mol. The maximum atomic E-state index is 5.69. The molecule has 0 aliphatic heterocycles. The molecule has 4 N–H and O–H groups in total. The van der Waals surface area contributed by atoms with Crippen LogP contribution in [-0.4, -0.2) is 9.97 Å². The molecule has 3 rings (SSSR count). The first-order chi connectivity index (χ1) is 10.7. The minimum absolute atomic E-state index is 0.352. The van der Waals surface area contributed by atoms with E-state index in [1.807, 2.05) is 0 Å². The summed E-state index contributed by atoms with van der Waals surface area (Å²) in [5.41, 5.74) is 12.6. The summed E-state index contributed by atoms with van der Waals surface area (Å²) in [5.74, 6) is 1.90. The van der Waals surface area contributed by atoms with Gasteiger partial charge in [-0.2, -0.15) is 0 Å². The maximum absolute atomic E-state index is 5.69. The predicted molar refractivity (Wildman–Crippen MR) is 83.9 cm³/mol. The standard InChI is InChI=1S/C16H14N4O2/c17-11-3-1-5-13(7-11)21-15-9-20-16(10-19-15)22-14-6-2-4-12(18)8-14/h1-10H,17-18H2. The molecule has 0 fully saturated rings. The largest absolute Gasteiger partial charge is 0.437 e. The van der Waals surface area contributed by atoms with Gasteiger partial charge >= 0.3 is 0 Å². The van der Waals surface area contributed by atoms with E-state index < -0.39 is 0 Å². The van der Waals surface area contributed by atoms with Gasteiger partial charge in [0.1, 0.15) is 11.5 Å². The summed E-state index contributed by atoms with van der Waals surface area (Å²) >= 11 is 0. The molecule has 0 amide bonds. The van der Waals surface area contributed by atoms with Crippen LogP contribution in [0.4, 0.5) is 11.4 Å². The normalized spacial score (nSPS) is 10.2. The molecule has 22 heavy (non-hydrogen) atoms. The first-order valence-electron chi connectivity index (χ1n) is 6.58. The van der Waals surface area contributed by atoms with Crippen LogP contribution >= 0.6 is 0 Å². The summed E-state index contributed by atoms with van der Waals surface area (Å²) in [7, 11) is 0. The monoisotopic (exact) mass is 294 g/mol. The molecule has 2 aromatic carbocycles. The number of nitrogens with two attached hydrogens (primary N) is 2. The van der Waals surface area contributed by atoms with Gasteiger partial charge in [-0.1, -0.05) is 12.1 Å². The van der Waals surface area contributed by atoms with E-state index in [-0.39, 0.29) is 0 Å². The lowest BCUT2D eigenvalue weighted by Gasteiger charge is -2.07. The highest BCUT2D eigenvalue weighted by Crippen LogP contribution is 2.24. The lowest BCUT2D eigenvalue weighted by molar-refractivity contribution is 0.436. The van der Waals surface area contributed by atoms with Crippen molar-refractivity contribution >= 4 is 11.4 Å². The van der Waals surface area contributed by atoms with E-state index in [4.69, 9.17) is 20.9 Å². The zero-order valence-electron chi connectivity index (χ0n) is 11.6. The number of ether oxygens (including phenoxy) is 2. The van der Waals surface area contributed by atoms with E-state index in [9.17, 15) is 0 Å². The number of hydrogen-bond acceptors (Lipinski definition) is 6. The van der Waals surface area contributed by atoms with E-state index >= 15 is 0 Å². The molecule has 0 atom stereocenters. The molecule has 0 unspecified atom stereocenters. The molecule has 0 radical (unpaired) electrons. The molecule has 1 aromatic heterocycles. The Hall–Kier alpha value is -3.28. The highest BCUT2D eigenvalue weighted by Gasteiger charge is 2.03. The summed E-state index contributed by atoms with van der Waals surface area (Å²) in [6.45, 7) is 0. The fourth-order valence-corrected chi connectivity index (χ4v) is 1.81. The molecule has 0 saturated carbocycles. The van der Waals surface area contributed by atoms with Crippen LogP contribution in [0.1, 0.15) is 0 Å². The van der Waals surface area contributed by atoms with Gasteiger partial charge in [-0.05, 0) is 24.3 Å². The number of hydrogen-bond donors (Lipinski definition) is 2. The number of rotatable bonds is 4. The number of nitrogen functional groups attached to an aromatic ring is 2. The van der Waals surface area contributed by atoms with Gasteiger partial charge in [0, 0.05) is 23.5 Å². The Morgan fingerprint density at radius 1 is 0.682 bits per heavy atom. The Kier molecular flexibility index (Phi) is 3.74. The highest BCUT2D eigenvalue weighted by atomic mass is 16.5. The minimum atomic E-state index is 0.352. The summed E-state index contributed by atoms with van der Waals surface area (Å²) in [4.78, 5) is 8.28. The zero-order chi connectivity index (χ0) is 15.4. The van der Waals surface area contributed by atoms with Crippen LogP contribution in [0.15, 0.2) is 60.9 Å². The first kappa shape index (κ1) is 13.7. The second kappa shape index (κ2) is 6.01. The maximum Gasteiger partial charge on any atom is 0.238 e. The van der Waals surface area contributed by atoms with E-state index in [0.717, 1.165) is 0 Å². The number of nitrogens with zero attached hydrogens (tertiary/aromatic N) is 2. The third kappa shape index (κ3) is 3.43. The lowest BCUT2D eigenvalue weighted by Crippen LogP contribution is -1.93. The zero-order valence-corrected chi connectivity index (χ0v) is 11.6. The summed E-state index contributed by atoms with van der Waals surface area (Å²) in [5, 5.41) is 0. The van der Waals surface area contributed by atoms with Crippen molar-refractivity contribution < 1.29 is 9.47 Å². The summed E-state index contributed by atoms with van der Waals surface area (Å²) < 4.78 is 11.1. The molecular formula is C16H14N4O2. The van der Waals surface area contributed by atoms with Crippen LogP contribution in [0, 0.1) is 0 Å². The lowest BCUT2D eigenvalue weighted by atomic mass is 10.3. The molecule has 0 aliphatic rings. The fourth-order valence-electron chi connectivity index (χ4n) is 1.81. The Bertz CT molecular complexity index is 709. The van der Waals surface area contributed by atoms with Gasteiger partial charge in [-0.25, -0.2) is 9.97 Å². The van der Waals surface area contributed by atoms with Crippen molar-refractivity contribution in [1.29, 1.82) is 0 Å². The van der Waals surface area contributed by atoms with Crippen molar-refractivity contribution in [2.45, 2.75) is 0 Å². The van der Waals surface area contributed by atoms with Crippen LogP contribution in [0.3, 0.4) is 0 Å². The van der Waals surface area contributed by atoms with Gasteiger partial charge in [0.2, 0.25) is 11.8 Å². The second-order valence-electron chi connectivity index (χ2n) is 4.54. The van der Waals surface area contributed by atoms with Crippen molar-refractivity contribution in [2.24, 2.45) is 0 Å². The fraction of sp³-hybridized carbons (Fsp3) is 0. The average molecular weight is 294 g/mol. The number of benzene rings is 2.